The van der Waals surface area contributed by atoms with Gasteiger partial charge in [-0.3, -0.25) is 0 Å². The van der Waals surface area contributed by atoms with E-state index in [0.29, 0.717) is 0 Å². The maximum Gasteiger partial charge on any atom is 4.00 e. The summed E-state index contributed by atoms with van der Waals surface area (Å²) in [5.74, 6) is 0. The van der Waals surface area contributed by atoms with Crippen LogP contribution in [0.15, 0.2) is 0 Å². The first kappa shape index (κ1) is 620. The molecule has 56 valence electrons. The van der Waals surface area contributed by atoms with Crippen molar-refractivity contribution >= 4 is 0 Å². The molecule has 0 heterocycles. The molecule has 0 saturated carbocycles. The molecule has 0 aromatic rings. The zero-order valence-electron chi connectivity index (χ0n) is 3.08. The fourth-order valence-corrected chi connectivity index (χ4v) is 0. The predicted octanol–water partition coefficient (Wildman–Crippen LogP) is -18.0. The summed E-state index contributed by atoms with van der Waals surface area (Å²) >= 11 is 0. The van der Waals surface area contributed by atoms with Gasteiger partial charge in [-0.2, -0.15) is 0 Å². The Morgan fingerprint density at radius 1 is 0.375 bits per heavy atom. The maximum atomic E-state index is 0. The summed E-state index contributed by atoms with van der Waals surface area (Å²) < 4.78 is 0. The van der Waals surface area contributed by atoms with E-state index in [1.807, 2.05) is 0 Å². The second-order valence-electron chi connectivity index (χ2n) is 0. The van der Waals surface area contributed by atoms with Crippen LogP contribution in [0.2, 0.25) is 0 Å². The van der Waals surface area contributed by atoms with Gasteiger partial charge >= 0.3 is 42.7 Å². The summed E-state index contributed by atoms with van der Waals surface area (Å²) in [5, 5.41) is 0. The molecule has 0 atom stereocenters. The van der Waals surface area contributed by atoms with Crippen LogP contribution in [0, 0.1) is 0 Å². The summed E-state index contributed by atoms with van der Waals surface area (Å²) in [6.45, 7) is 0. The van der Waals surface area contributed by atoms with Gasteiger partial charge in [0.1, 0.15) is 0 Å². The van der Waals surface area contributed by atoms with Crippen LogP contribution in [-0.2, 0) is 42.7 Å². The minimum absolute atomic E-state index is 0. The Labute approximate surface area is 71.0 Å². The second-order valence-corrected chi connectivity index (χ2v) is 0. The molecule has 0 aromatic heterocycles. The monoisotopic (exact) mass is 262 g/mol. The van der Waals surface area contributed by atoms with Gasteiger partial charge in [0.05, 0.1) is 0 Å². The maximum absolute atomic E-state index is 0. The minimum atomic E-state index is 0. The van der Waals surface area contributed by atoms with Gasteiger partial charge in [-0.05, 0) is 0 Å². The molecule has 0 bridgehead atoms. The van der Waals surface area contributed by atoms with Crippen LogP contribution in [0.3, 0.4) is 0 Å². The van der Waals surface area contributed by atoms with E-state index in [0.717, 1.165) is 0 Å². The van der Waals surface area contributed by atoms with E-state index < -0.39 is 0 Å². The van der Waals surface area contributed by atoms with E-state index in [1.165, 1.54) is 0 Å². The van der Waals surface area contributed by atoms with Gasteiger partial charge in [-0.25, -0.2) is 0 Å². The van der Waals surface area contributed by atoms with Gasteiger partial charge in [-0.15, -0.1) is 0 Å². The average Bonchev–Trinajstić information content (AvgIpc) is 0. The minimum Gasteiger partial charge on any atom is -1.00 e. The largest absolute Gasteiger partial charge is 4.00 e. The Morgan fingerprint density at radius 2 is 0.375 bits per heavy atom. The number of hydrogen-bond acceptors (Lipinski definition) is 0. The summed E-state index contributed by atoms with van der Waals surface area (Å²) in [4.78, 5) is 0. The van der Waals surface area contributed by atoms with E-state index >= 15 is 0 Å². The van der Waals surface area contributed by atoms with Crippen molar-refractivity contribution in [1.82, 2.24) is 0 Å². The molecule has 0 nitrogen and oxygen atoms in total. The van der Waals surface area contributed by atoms with Crippen LogP contribution in [0.5, 0.6) is 0 Å². The summed E-state index contributed by atoms with van der Waals surface area (Å²) in [6.07, 6.45) is 0. The molecule has 0 spiro atoms. The van der Waals surface area contributed by atoms with Gasteiger partial charge in [-0.1, -0.05) is 0 Å². The third kappa shape index (κ3) is 270. The smallest absolute Gasteiger partial charge is 1.00 e. The molecule has 8 heavy (non-hydrogen) atoms. The average molecular weight is 264 g/mol. The molecule has 0 N–H and O–H groups in total. The van der Waals surface area contributed by atoms with Crippen molar-refractivity contribution in [3.63, 3.8) is 0 Å². The molecule has 0 radical (unpaired) electrons. The van der Waals surface area contributed by atoms with Gasteiger partial charge in [0.2, 0.25) is 0 Å². The fraction of sp³-hybridized carbons (Fsp3) is 0. The molecule has 0 aliphatic rings. The van der Waals surface area contributed by atoms with Crippen molar-refractivity contribution in [2.24, 2.45) is 0 Å². The molecule has 0 aliphatic heterocycles. The van der Waals surface area contributed by atoms with Crippen LogP contribution < -0.4 is 28.2 Å². The van der Waals surface area contributed by atoms with E-state index in [9.17, 15) is 0 Å². The molecule has 0 fully saturated rings. The zero-order chi connectivity index (χ0) is 0. The summed E-state index contributed by atoms with van der Waals surface area (Å²) in [7, 11) is 0. The number of rotatable bonds is 0. The van der Waals surface area contributed by atoms with Gasteiger partial charge in [0, 0.05) is 0 Å². The van der Waals surface area contributed by atoms with Gasteiger partial charge < -0.3 is 28.2 Å². The standard InChI is InChI=1S/6FH.Ni.Zr/h6*1H;;/q;;;;;;+2;+4/p-6. The van der Waals surface area contributed by atoms with Crippen LogP contribution in [-0.4, -0.2) is 0 Å². The van der Waals surface area contributed by atoms with Crippen molar-refractivity contribution in [2.45, 2.75) is 0 Å². The first-order valence-electron chi connectivity index (χ1n) is 0. The van der Waals surface area contributed by atoms with E-state index in [1.54, 1.807) is 0 Å². The topological polar surface area (TPSA) is 0 Å². The number of hydrogen-bond donors (Lipinski definition) is 0. The van der Waals surface area contributed by atoms with Crippen LogP contribution in [0.4, 0.5) is 0 Å². The SMILES string of the molecule is [F-].[F-].[F-].[F-].[F-].[F-].[Ni+2].[Zr+4]. The normalized spacial score (nSPS) is 0. The molecular formula is F6NiZr. The Balaban J connectivity index is 0. The van der Waals surface area contributed by atoms with Crippen LogP contribution >= 0.6 is 0 Å². The molecule has 0 aliphatic carbocycles. The Bertz CT molecular complexity index is 8.49. The van der Waals surface area contributed by atoms with Crippen molar-refractivity contribution < 1.29 is 70.9 Å². The third-order valence-electron chi connectivity index (χ3n) is 0. The summed E-state index contributed by atoms with van der Waals surface area (Å²) in [5.41, 5.74) is 0. The van der Waals surface area contributed by atoms with E-state index in [-0.39, 0.29) is 70.9 Å². The zero-order valence-corrected chi connectivity index (χ0v) is 6.53. The Hall–Kier alpha value is 0.957. The second kappa shape index (κ2) is 421. The molecule has 0 rings (SSSR count). The van der Waals surface area contributed by atoms with Crippen molar-refractivity contribution in [2.75, 3.05) is 0 Å². The molecule has 0 amide bonds. The van der Waals surface area contributed by atoms with Crippen molar-refractivity contribution in [3.05, 3.63) is 0 Å². The first-order chi connectivity index (χ1) is 0. The van der Waals surface area contributed by atoms with Crippen molar-refractivity contribution in [3.8, 4) is 0 Å². The molecule has 0 unspecified atom stereocenters. The summed E-state index contributed by atoms with van der Waals surface area (Å²) in [6, 6.07) is 0. The molecule has 8 heteroatoms. The van der Waals surface area contributed by atoms with E-state index in [4.69, 9.17) is 0 Å². The fourth-order valence-electron chi connectivity index (χ4n) is 0. The quantitative estimate of drug-likeness (QED) is 0.301. The Kier molecular flexibility index (Phi) is 32600. The first-order valence-corrected chi connectivity index (χ1v) is 0. The van der Waals surface area contributed by atoms with Gasteiger partial charge in [0.25, 0.3) is 0 Å². The molecule has 0 saturated heterocycles. The van der Waals surface area contributed by atoms with Crippen molar-refractivity contribution in [1.29, 1.82) is 0 Å². The Morgan fingerprint density at radius 3 is 0.375 bits per heavy atom. The van der Waals surface area contributed by atoms with E-state index in [2.05, 4.69) is 0 Å². The number of halogens is 6. The van der Waals surface area contributed by atoms with Crippen LogP contribution in [0.25, 0.3) is 0 Å². The predicted molar refractivity (Wildman–Crippen MR) is 0 cm³/mol. The molecule has 0 aromatic carbocycles. The third-order valence-corrected chi connectivity index (χ3v) is 0. The van der Waals surface area contributed by atoms with Crippen LogP contribution in [0.1, 0.15) is 0 Å². The van der Waals surface area contributed by atoms with Gasteiger partial charge in [0.15, 0.2) is 0 Å². The molecular weight excluding hydrogens is 264 g/mol.